The molecule has 1 amide bonds. The van der Waals surface area contributed by atoms with Gasteiger partial charge in [-0.05, 0) is 18.2 Å². The van der Waals surface area contributed by atoms with Gasteiger partial charge in [0.15, 0.2) is 11.5 Å². The summed E-state index contributed by atoms with van der Waals surface area (Å²) in [6, 6.07) is 3.96. The van der Waals surface area contributed by atoms with Gasteiger partial charge in [-0.25, -0.2) is 19.3 Å². The van der Waals surface area contributed by atoms with Crippen molar-refractivity contribution < 1.29 is 9.18 Å². The zero-order chi connectivity index (χ0) is 15.0. The Kier molecular flexibility index (Phi) is 2.98. The number of carbonyl (C=O) groups excluding carboxylic acids is 1. The molecule has 106 valence electrons. The number of hydrogen-bond donors (Lipinski definition) is 2. The third kappa shape index (κ3) is 2.27. The lowest BCUT2D eigenvalue weighted by atomic mass is 10.1. The number of rotatable bonds is 3. The average Bonchev–Trinajstić information content (AvgIpc) is 2.86. The normalized spacial score (nSPS) is 10.9. The highest BCUT2D eigenvalue weighted by Gasteiger charge is 2.12. The van der Waals surface area contributed by atoms with Crippen molar-refractivity contribution in [1.82, 2.24) is 19.5 Å². The molecule has 0 unspecified atom stereocenters. The molecule has 3 rings (SSSR count). The molecule has 3 aromatic rings. The molecule has 0 radical (unpaired) electrons. The van der Waals surface area contributed by atoms with Gasteiger partial charge in [0.05, 0.1) is 12.9 Å². The lowest BCUT2D eigenvalue weighted by Crippen LogP contribution is -2.12. The number of nitrogens with two attached hydrogens (primary N) is 2. The Labute approximate surface area is 118 Å². The molecule has 21 heavy (non-hydrogen) atoms. The molecule has 0 spiro atoms. The van der Waals surface area contributed by atoms with Gasteiger partial charge in [-0.3, -0.25) is 4.79 Å². The lowest BCUT2D eigenvalue weighted by Gasteiger charge is -2.07. The fourth-order valence-electron chi connectivity index (χ4n) is 2.05. The van der Waals surface area contributed by atoms with Crippen LogP contribution in [0.3, 0.4) is 0 Å². The molecular formula is C13H11FN6O. The second kappa shape index (κ2) is 4.82. The summed E-state index contributed by atoms with van der Waals surface area (Å²) in [7, 11) is 0. The number of fused-ring (bicyclic) bond motifs is 1. The van der Waals surface area contributed by atoms with E-state index in [1.54, 1.807) is 4.57 Å². The third-order valence-corrected chi connectivity index (χ3v) is 3.10. The maximum atomic E-state index is 13.9. The molecule has 0 fully saturated rings. The number of anilines is 1. The number of amides is 1. The standard InChI is InChI=1S/C13H11FN6O/c14-9-2-1-7(12(16)21)3-8(9)4-20-6-19-10-11(15)17-5-18-13(10)20/h1-3,5-6H,4H2,(H2,16,21)(H2,15,17,18). The van der Waals surface area contributed by atoms with Gasteiger partial charge in [0.25, 0.3) is 0 Å². The average molecular weight is 286 g/mol. The molecule has 0 bridgehead atoms. The first-order chi connectivity index (χ1) is 10.1. The van der Waals surface area contributed by atoms with Gasteiger partial charge >= 0.3 is 0 Å². The van der Waals surface area contributed by atoms with Crippen LogP contribution in [0, 0.1) is 5.82 Å². The first-order valence-corrected chi connectivity index (χ1v) is 6.06. The molecule has 1 aromatic carbocycles. The third-order valence-electron chi connectivity index (χ3n) is 3.10. The predicted octanol–water partition coefficient (Wildman–Crippen LogP) is 0.695. The molecule has 2 aromatic heterocycles. The van der Waals surface area contributed by atoms with Crippen molar-refractivity contribution in [3.05, 3.63) is 47.8 Å². The van der Waals surface area contributed by atoms with Crippen molar-refractivity contribution in [3.63, 3.8) is 0 Å². The second-order valence-electron chi connectivity index (χ2n) is 4.47. The number of benzene rings is 1. The van der Waals surface area contributed by atoms with Crippen molar-refractivity contribution in [1.29, 1.82) is 0 Å². The van der Waals surface area contributed by atoms with Gasteiger partial charge < -0.3 is 16.0 Å². The number of carbonyl (C=O) groups is 1. The number of nitrogens with zero attached hydrogens (tertiary/aromatic N) is 4. The van der Waals surface area contributed by atoms with E-state index in [0.717, 1.165) is 0 Å². The van der Waals surface area contributed by atoms with E-state index in [1.165, 1.54) is 30.9 Å². The molecular weight excluding hydrogens is 275 g/mol. The number of halogens is 1. The van der Waals surface area contributed by atoms with E-state index in [2.05, 4.69) is 15.0 Å². The van der Waals surface area contributed by atoms with Gasteiger partial charge in [-0.1, -0.05) is 0 Å². The lowest BCUT2D eigenvalue weighted by molar-refractivity contribution is 0.1000. The molecule has 0 aliphatic heterocycles. The van der Waals surface area contributed by atoms with E-state index in [0.29, 0.717) is 16.7 Å². The van der Waals surface area contributed by atoms with E-state index < -0.39 is 11.7 Å². The van der Waals surface area contributed by atoms with Crippen molar-refractivity contribution in [2.24, 2.45) is 5.73 Å². The summed E-state index contributed by atoms with van der Waals surface area (Å²) in [5.74, 6) is -0.799. The Balaban J connectivity index is 2.04. The quantitative estimate of drug-likeness (QED) is 0.735. The summed E-state index contributed by atoms with van der Waals surface area (Å²) >= 11 is 0. The molecule has 0 aliphatic rings. The smallest absolute Gasteiger partial charge is 0.248 e. The SMILES string of the molecule is NC(=O)c1ccc(F)c(Cn2cnc3c(N)ncnc32)c1. The fraction of sp³-hybridized carbons (Fsp3) is 0.0769. The monoisotopic (exact) mass is 286 g/mol. The van der Waals surface area contributed by atoms with E-state index >= 15 is 0 Å². The minimum absolute atomic E-state index is 0.153. The van der Waals surface area contributed by atoms with E-state index in [9.17, 15) is 9.18 Å². The van der Waals surface area contributed by atoms with E-state index in [-0.39, 0.29) is 17.9 Å². The van der Waals surface area contributed by atoms with Crippen LogP contribution in [0.5, 0.6) is 0 Å². The Morgan fingerprint density at radius 2 is 2.10 bits per heavy atom. The molecule has 7 nitrogen and oxygen atoms in total. The fourth-order valence-corrected chi connectivity index (χ4v) is 2.05. The van der Waals surface area contributed by atoms with E-state index in [4.69, 9.17) is 11.5 Å². The Hall–Kier alpha value is -3.03. The molecule has 4 N–H and O–H groups in total. The summed E-state index contributed by atoms with van der Waals surface area (Å²) in [5.41, 5.74) is 12.4. The minimum atomic E-state index is -0.613. The van der Waals surface area contributed by atoms with Crippen molar-refractivity contribution in [2.75, 3.05) is 5.73 Å². The van der Waals surface area contributed by atoms with Crippen LogP contribution in [0.15, 0.2) is 30.9 Å². The van der Waals surface area contributed by atoms with E-state index in [1.807, 2.05) is 0 Å². The number of hydrogen-bond acceptors (Lipinski definition) is 5. The predicted molar refractivity (Wildman–Crippen MR) is 73.8 cm³/mol. The maximum Gasteiger partial charge on any atom is 0.248 e. The Bertz CT molecular complexity index is 844. The van der Waals surface area contributed by atoms with Crippen LogP contribution in [0.2, 0.25) is 0 Å². The van der Waals surface area contributed by atoms with Crippen LogP contribution in [0.25, 0.3) is 11.2 Å². The van der Waals surface area contributed by atoms with Crippen LogP contribution in [-0.4, -0.2) is 25.4 Å². The largest absolute Gasteiger partial charge is 0.382 e. The molecule has 0 saturated carbocycles. The zero-order valence-corrected chi connectivity index (χ0v) is 10.8. The molecule has 0 atom stereocenters. The van der Waals surface area contributed by atoms with Crippen LogP contribution >= 0.6 is 0 Å². The molecule has 0 aliphatic carbocycles. The topological polar surface area (TPSA) is 113 Å². The van der Waals surface area contributed by atoms with Crippen LogP contribution in [-0.2, 0) is 6.54 Å². The Morgan fingerprint density at radius 1 is 1.29 bits per heavy atom. The highest BCUT2D eigenvalue weighted by Crippen LogP contribution is 2.18. The molecule has 0 saturated heterocycles. The van der Waals surface area contributed by atoms with Crippen molar-refractivity contribution in [3.8, 4) is 0 Å². The number of imidazole rings is 1. The number of aromatic nitrogens is 4. The van der Waals surface area contributed by atoms with Gasteiger partial charge in [-0.2, -0.15) is 0 Å². The van der Waals surface area contributed by atoms with Crippen LogP contribution in [0.4, 0.5) is 10.2 Å². The highest BCUT2D eigenvalue weighted by atomic mass is 19.1. The zero-order valence-electron chi connectivity index (χ0n) is 10.8. The van der Waals surface area contributed by atoms with Crippen molar-refractivity contribution in [2.45, 2.75) is 6.54 Å². The summed E-state index contributed by atoms with van der Waals surface area (Å²) in [6.07, 6.45) is 2.80. The molecule has 8 heteroatoms. The highest BCUT2D eigenvalue weighted by molar-refractivity contribution is 5.92. The second-order valence-corrected chi connectivity index (χ2v) is 4.47. The number of nitrogen functional groups attached to an aromatic ring is 1. The summed E-state index contributed by atoms with van der Waals surface area (Å²) in [5, 5.41) is 0. The van der Waals surface area contributed by atoms with Gasteiger partial charge in [-0.15, -0.1) is 0 Å². The Morgan fingerprint density at radius 3 is 2.86 bits per heavy atom. The summed E-state index contributed by atoms with van der Waals surface area (Å²) in [6.45, 7) is 0.153. The van der Waals surface area contributed by atoms with Gasteiger partial charge in [0, 0.05) is 11.1 Å². The van der Waals surface area contributed by atoms with Gasteiger partial charge in [0.1, 0.15) is 17.7 Å². The summed E-state index contributed by atoms with van der Waals surface area (Å²) in [4.78, 5) is 23.2. The van der Waals surface area contributed by atoms with Crippen LogP contribution in [0.1, 0.15) is 15.9 Å². The van der Waals surface area contributed by atoms with Gasteiger partial charge in [0.2, 0.25) is 5.91 Å². The molecule has 2 heterocycles. The first kappa shape index (κ1) is 13.0. The summed E-state index contributed by atoms with van der Waals surface area (Å²) < 4.78 is 15.5. The van der Waals surface area contributed by atoms with Crippen molar-refractivity contribution >= 4 is 22.9 Å². The first-order valence-electron chi connectivity index (χ1n) is 6.06. The number of primary amides is 1. The maximum absolute atomic E-state index is 13.9. The minimum Gasteiger partial charge on any atom is -0.382 e. The van der Waals surface area contributed by atoms with Crippen LogP contribution < -0.4 is 11.5 Å².